The quantitative estimate of drug-likeness (QED) is 0.710. The average Bonchev–Trinajstić information content (AvgIpc) is 2.81. The highest BCUT2D eigenvalue weighted by Gasteiger charge is 2.15. The highest BCUT2D eigenvalue weighted by Crippen LogP contribution is 2.20. The van der Waals surface area contributed by atoms with Crippen molar-refractivity contribution in [1.29, 1.82) is 0 Å². The minimum Gasteiger partial charge on any atom is -0.295 e. The van der Waals surface area contributed by atoms with Crippen LogP contribution in [0.3, 0.4) is 0 Å². The largest absolute Gasteiger partial charge is 0.295 e. The summed E-state index contributed by atoms with van der Waals surface area (Å²) in [5.41, 5.74) is 2.44. The molecule has 0 aliphatic heterocycles. The molecule has 0 bridgehead atoms. The summed E-state index contributed by atoms with van der Waals surface area (Å²) in [5, 5.41) is 7.15. The van der Waals surface area contributed by atoms with E-state index < -0.39 is 0 Å². The van der Waals surface area contributed by atoms with Crippen molar-refractivity contribution in [3.05, 3.63) is 30.0 Å². The summed E-state index contributed by atoms with van der Waals surface area (Å²) in [6.45, 7) is 9.62. The molecule has 0 fully saturated rings. The van der Waals surface area contributed by atoms with Crippen molar-refractivity contribution in [3.63, 3.8) is 0 Å². The van der Waals surface area contributed by atoms with Crippen molar-refractivity contribution in [2.45, 2.75) is 46.3 Å². The van der Waals surface area contributed by atoms with Gasteiger partial charge in [0.05, 0.1) is 11.2 Å². The van der Waals surface area contributed by atoms with E-state index in [-0.39, 0.29) is 0 Å². The molecular weight excluding hydrogens is 314 g/mol. The first-order valence-corrected chi connectivity index (χ1v) is 8.54. The van der Waals surface area contributed by atoms with E-state index in [9.17, 15) is 0 Å². The molecule has 1 aromatic carbocycles. The van der Waals surface area contributed by atoms with E-state index in [1.54, 1.807) is 0 Å². The van der Waals surface area contributed by atoms with Gasteiger partial charge in [0.2, 0.25) is 0 Å². The van der Waals surface area contributed by atoms with Crippen LogP contribution in [0, 0.1) is 0 Å². The maximum atomic E-state index is 4.80. The maximum absolute atomic E-state index is 4.80. The zero-order valence-electron chi connectivity index (χ0n) is 12.6. The lowest BCUT2D eigenvalue weighted by atomic mass is 10.2. The molecular formula is C16H24BrN3. The fourth-order valence-corrected chi connectivity index (χ4v) is 2.78. The molecule has 0 amide bonds. The second kappa shape index (κ2) is 7.23. The van der Waals surface area contributed by atoms with Gasteiger partial charge < -0.3 is 0 Å². The Hall–Kier alpha value is -0.870. The molecule has 0 unspecified atom stereocenters. The molecule has 0 N–H and O–H groups in total. The van der Waals surface area contributed by atoms with Gasteiger partial charge in [0, 0.05) is 29.8 Å². The van der Waals surface area contributed by atoms with Crippen LogP contribution >= 0.6 is 15.9 Å². The molecule has 0 saturated carbocycles. The van der Waals surface area contributed by atoms with E-state index in [0.29, 0.717) is 6.04 Å². The van der Waals surface area contributed by atoms with Crippen LogP contribution in [-0.2, 0) is 13.1 Å². The van der Waals surface area contributed by atoms with Crippen molar-refractivity contribution < 1.29 is 0 Å². The molecule has 3 nitrogen and oxygen atoms in total. The predicted octanol–water partition coefficient (Wildman–Crippen LogP) is 4.05. The van der Waals surface area contributed by atoms with Gasteiger partial charge in [-0.2, -0.15) is 5.10 Å². The molecule has 0 saturated heterocycles. The second-order valence-corrected chi connectivity index (χ2v) is 6.18. The zero-order chi connectivity index (χ0) is 14.5. The lowest BCUT2D eigenvalue weighted by Gasteiger charge is -2.25. The van der Waals surface area contributed by atoms with Crippen molar-refractivity contribution in [1.82, 2.24) is 14.7 Å². The number of hydrogen-bond donors (Lipinski definition) is 0. The van der Waals surface area contributed by atoms with Crippen LogP contribution in [0.5, 0.6) is 0 Å². The van der Waals surface area contributed by atoms with Crippen molar-refractivity contribution in [2.75, 3.05) is 11.9 Å². The van der Waals surface area contributed by atoms with Gasteiger partial charge in [-0.1, -0.05) is 34.1 Å². The number of aromatic nitrogens is 2. The smallest absolute Gasteiger partial charge is 0.0843 e. The Morgan fingerprint density at radius 2 is 2.05 bits per heavy atom. The van der Waals surface area contributed by atoms with Crippen LogP contribution in [0.15, 0.2) is 24.3 Å². The first kappa shape index (κ1) is 15.5. The van der Waals surface area contributed by atoms with E-state index in [1.807, 2.05) is 0 Å². The van der Waals surface area contributed by atoms with Gasteiger partial charge in [0.15, 0.2) is 0 Å². The van der Waals surface area contributed by atoms with E-state index in [1.165, 1.54) is 23.0 Å². The Bertz CT molecular complexity index is 548. The third-order valence-corrected chi connectivity index (χ3v) is 4.26. The highest BCUT2D eigenvalue weighted by molar-refractivity contribution is 9.09. The molecule has 1 heterocycles. The topological polar surface area (TPSA) is 21.1 Å². The van der Waals surface area contributed by atoms with Crippen molar-refractivity contribution >= 4 is 26.8 Å². The lowest BCUT2D eigenvalue weighted by Crippen LogP contribution is -2.31. The zero-order valence-corrected chi connectivity index (χ0v) is 14.2. The summed E-state index contributed by atoms with van der Waals surface area (Å²) in [7, 11) is 0. The first-order valence-electron chi connectivity index (χ1n) is 7.41. The average molecular weight is 338 g/mol. The van der Waals surface area contributed by atoms with Crippen molar-refractivity contribution in [2.24, 2.45) is 0 Å². The second-order valence-electron chi connectivity index (χ2n) is 5.39. The van der Waals surface area contributed by atoms with Crippen molar-refractivity contribution in [3.8, 4) is 0 Å². The Labute approximate surface area is 130 Å². The van der Waals surface area contributed by atoms with Gasteiger partial charge in [-0.3, -0.25) is 9.58 Å². The van der Waals surface area contributed by atoms with E-state index in [4.69, 9.17) is 5.10 Å². The number of alkyl halides is 1. The fraction of sp³-hybridized carbons (Fsp3) is 0.562. The summed E-state index contributed by atoms with van der Waals surface area (Å²) >= 11 is 3.52. The molecule has 20 heavy (non-hydrogen) atoms. The van der Waals surface area contributed by atoms with Crippen LogP contribution in [0.2, 0.25) is 0 Å². The Kier molecular flexibility index (Phi) is 5.61. The molecule has 0 spiro atoms. The van der Waals surface area contributed by atoms with Crippen LogP contribution in [0.4, 0.5) is 0 Å². The minimum atomic E-state index is 0.541. The van der Waals surface area contributed by atoms with Crippen LogP contribution < -0.4 is 0 Å². The standard InChI is InChI=1S/C16H24BrN3/c1-4-20-16-9-6-5-8-14(16)15(18-20)12-19(13(2)3)11-7-10-17/h5-6,8-9,13H,4,7,10-12H2,1-3H3. The molecule has 0 atom stereocenters. The number of rotatable bonds is 7. The number of aryl methyl sites for hydroxylation is 1. The number of halogens is 1. The summed E-state index contributed by atoms with van der Waals surface area (Å²) in [5.74, 6) is 0. The SMILES string of the molecule is CCn1nc(CN(CCCBr)C(C)C)c2ccccc21. The first-order chi connectivity index (χ1) is 9.67. The lowest BCUT2D eigenvalue weighted by molar-refractivity contribution is 0.211. The summed E-state index contributed by atoms with van der Waals surface area (Å²) in [6.07, 6.45) is 1.17. The van der Waals surface area contributed by atoms with Gasteiger partial charge in [-0.15, -0.1) is 0 Å². The highest BCUT2D eigenvalue weighted by atomic mass is 79.9. The monoisotopic (exact) mass is 337 g/mol. The normalized spacial score (nSPS) is 11.9. The molecule has 4 heteroatoms. The van der Waals surface area contributed by atoms with Crippen LogP contribution in [0.25, 0.3) is 10.9 Å². The fourth-order valence-electron chi connectivity index (χ4n) is 2.53. The van der Waals surface area contributed by atoms with Gasteiger partial charge in [0.25, 0.3) is 0 Å². The molecule has 110 valence electrons. The number of nitrogens with zero attached hydrogens (tertiary/aromatic N) is 3. The maximum Gasteiger partial charge on any atom is 0.0843 e. The third-order valence-electron chi connectivity index (χ3n) is 3.70. The van der Waals surface area contributed by atoms with E-state index in [2.05, 4.69) is 70.5 Å². The molecule has 0 aliphatic carbocycles. The Morgan fingerprint density at radius 3 is 2.70 bits per heavy atom. The number of fused-ring (bicyclic) bond motifs is 1. The summed E-state index contributed by atoms with van der Waals surface area (Å²) in [6, 6.07) is 9.08. The third kappa shape index (κ3) is 3.41. The van der Waals surface area contributed by atoms with E-state index >= 15 is 0 Å². The predicted molar refractivity (Wildman–Crippen MR) is 89.4 cm³/mol. The van der Waals surface area contributed by atoms with Crippen LogP contribution in [0.1, 0.15) is 32.9 Å². The van der Waals surface area contributed by atoms with Gasteiger partial charge in [0.1, 0.15) is 0 Å². The number of hydrogen-bond acceptors (Lipinski definition) is 2. The summed E-state index contributed by atoms with van der Waals surface area (Å²) < 4.78 is 2.10. The Balaban J connectivity index is 2.27. The Morgan fingerprint density at radius 1 is 1.30 bits per heavy atom. The molecule has 0 aliphatic rings. The summed E-state index contributed by atoms with van der Waals surface area (Å²) in [4.78, 5) is 2.50. The number of para-hydroxylation sites is 1. The number of benzene rings is 1. The molecule has 2 aromatic rings. The van der Waals surface area contributed by atoms with Gasteiger partial charge in [-0.05, 0) is 39.8 Å². The van der Waals surface area contributed by atoms with E-state index in [0.717, 1.165) is 25.0 Å². The van der Waals surface area contributed by atoms with Gasteiger partial charge >= 0.3 is 0 Å². The van der Waals surface area contributed by atoms with Gasteiger partial charge in [-0.25, -0.2) is 0 Å². The molecule has 1 aromatic heterocycles. The van der Waals surface area contributed by atoms with Crippen LogP contribution in [-0.4, -0.2) is 32.6 Å². The minimum absolute atomic E-state index is 0.541. The molecule has 2 rings (SSSR count). The molecule has 0 radical (unpaired) electrons.